The predicted octanol–water partition coefficient (Wildman–Crippen LogP) is -3.94. The first-order valence-corrected chi connectivity index (χ1v) is 5.66. The van der Waals surface area contributed by atoms with Crippen LogP contribution >= 0.6 is 0 Å². The van der Waals surface area contributed by atoms with Crippen molar-refractivity contribution in [2.45, 2.75) is 19.4 Å². The summed E-state index contributed by atoms with van der Waals surface area (Å²) in [6, 6.07) is 0.105. The fourth-order valence-corrected chi connectivity index (χ4v) is 1.50. The van der Waals surface area contributed by atoms with E-state index in [0.29, 0.717) is 18.7 Å². The number of aliphatic carboxylic acids is 2. The minimum atomic E-state index is -1.55. The molecule has 0 spiro atoms. The highest BCUT2D eigenvalue weighted by molar-refractivity contribution is 5.87. The fraction of sp³-hybridized carbons (Fsp3) is 0.545. The monoisotopic (exact) mass is 271 g/mol. The Morgan fingerprint density at radius 3 is 2.05 bits per heavy atom. The SMILES string of the molecule is CCC1CNCCN1C(=O)[O-].O=C([O-])/C=C/C(=O)[O-]. The van der Waals surface area contributed by atoms with Gasteiger partial charge in [-0.1, -0.05) is 6.92 Å². The van der Waals surface area contributed by atoms with E-state index in [1.54, 1.807) is 0 Å². The van der Waals surface area contributed by atoms with Crippen molar-refractivity contribution in [3.63, 3.8) is 0 Å². The van der Waals surface area contributed by atoms with Crippen molar-refractivity contribution in [1.82, 2.24) is 10.2 Å². The van der Waals surface area contributed by atoms with Crippen LogP contribution in [0.3, 0.4) is 0 Å². The summed E-state index contributed by atoms with van der Waals surface area (Å²) < 4.78 is 0. The third-order valence-electron chi connectivity index (χ3n) is 2.41. The van der Waals surface area contributed by atoms with Gasteiger partial charge in [-0.2, -0.15) is 0 Å². The van der Waals surface area contributed by atoms with Crippen molar-refractivity contribution in [1.29, 1.82) is 0 Å². The highest BCUT2D eigenvalue weighted by Gasteiger charge is 2.19. The molecular formula is C11H15N2O6-3. The van der Waals surface area contributed by atoms with Gasteiger partial charge in [0.15, 0.2) is 0 Å². The van der Waals surface area contributed by atoms with E-state index in [-0.39, 0.29) is 6.04 Å². The summed E-state index contributed by atoms with van der Waals surface area (Å²) in [6.45, 7) is 4.03. The van der Waals surface area contributed by atoms with Gasteiger partial charge in [0, 0.05) is 25.7 Å². The predicted molar refractivity (Wildman–Crippen MR) is 58.2 cm³/mol. The zero-order chi connectivity index (χ0) is 14.8. The van der Waals surface area contributed by atoms with Crippen molar-refractivity contribution in [2.75, 3.05) is 19.6 Å². The summed E-state index contributed by atoms with van der Waals surface area (Å²) in [6.07, 6.45) is 0.574. The van der Waals surface area contributed by atoms with E-state index >= 15 is 0 Å². The van der Waals surface area contributed by atoms with Gasteiger partial charge in [-0.05, 0) is 18.6 Å². The second kappa shape index (κ2) is 8.92. The standard InChI is InChI=1S/C7H14N2O2.C4H4O4/c1-2-6-5-8-3-4-9(6)7(10)11;5-3(6)1-2-4(7)8/h6,8H,2-5H2,1H3,(H,10,11);1-2H,(H,5,6)(H,7,8)/p-3/b;2-1+. The molecule has 1 rings (SSSR count). The molecule has 8 heteroatoms. The number of rotatable bonds is 3. The molecule has 8 nitrogen and oxygen atoms in total. The van der Waals surface area contributed by atoms with Crippen LogP contribution in [0.4, 0.5) is 4.79 Å². The lowest BCUT2D eigenvalue weighted by Gasteiger charge is -2.37. The van der Waals surface area contributed by atoms with Gasteiger partial charge >= 0.3 is 0 Å². The molecule has 1 aliphatic heterocycles. The number of nitrogens with zero attached hydrogens (tertiary/aromatic N) is 1. The summed E-state index contributed by atoms with van der Waals surface area (Å²) in [5, 5.41) is 32.5. The van der Waals surface area contributed by atoms with E-state index < -0.39 is 18.0 Å². The molecule has 1 aliphatic rings. The van der Waals surface area contributed by atoms with Gasteiger partial charge in [0.25, 0.3) is 0 Å². The summed E-state index contributed by atoms with van der Waals surface area (Å²) in [5.41, 5.74) is 0. The first-order chi connectivity index (χ1) is 8.88. The minimum Gasteiger partial charge on any atom is -0.545 e. The molecule has 0 bridgehead atoms. The number of carboxylic acid groups (broad SMARTS) is 3. The van der Waals surface area contributed by atoms with Gasteiger partial charge in [0.1, 0.15) is 6.09 Å². The third kappa shape index (κ3) is 7.77. The summed E-state index contributed by atoms with van der Waals surface area (Å²) >= 11 is 0. The highest BCUT2D eigenvalue weighted by Crippen LogP contribution is 2.05. The lowest BCUT2D eigenvalue weighted by atomic mass is 10.1. The highest BCUT2D eigenvalue weighted by atomic mass is 16.4. The third-order valence-corrected chi connectivity index (χ3v) is 2.41. The molecule has 1 saturated heterocycles. The molecule has 0 aromatic rings. The van der Waals surface area contributed by atoms with Crippen molar-refractivity contribution in [3.8, 4) is 0 Å². The van der Waals surface area contributed by atoms with Crippen LogP contribution in [0.5, 0.6) is 0 Å². The number of hydrogen-bond acceptors (Lipinski definition) is 7. The molecule has 0 radical (unpaired) electrons. The van der Waals surface area contributed by atoms with Gasteiger partial charge < -0.3 is 39.9 Å². The Morgan fingerprint density at radius 2 is 1.74 bits per heavy atom. The molecule has 1 amide bonds. The molecule has 0 aromatic carbocycles. The Kier molecular flexibility index (Phi) is 7.94. The summed E-state index contributed by atoms with van der Waals surface area (Å²) in [7, 11) is 0. The zero-order valence-corrected chi connectivity index (χ0v) is 10.5. The average Bonchev–Trinajstić information content (AvgIpc) is 2.37. The zero-order valence-electron chi connectivity index (χ0n) is 10.5. The molecule has 19 heavy (non-hydrogen) atoms. The molecule has 1 fully saturated rings. The molecule has 1 heterocycles. The maximum absolute atomic E-state index is 10.5. The molecule has 0 saturated carbocycles. The normalized spacial score (nSPS) is 18.6. The van der Waals surface area contributed by atoms with E-state index in [1.165, 1.54) is 4.90 Å². The van der Waals surface area contributed by atoms with Crippen molar-refractivity contribution < 1.29 is 29.7 Å². The second-order valence-electron chi connectivity index (χ2n) is 3.70. The summed E-state index contributed by atoms with van der Waals surface area (Å²) in [4.78, 5) is 30.7. The topological polar surface area (TPSA) is 136 Å². The molecule has 108 valence electrons. The van der Waals surface area contributed by atoms with E-state index in [0.717, 1.165) is 19.5 Å². The van der Waals surface area contributed by atoms with Crippen LogP contribution < -0.4 is 20.6 Å². The molecule has 1 unspecified atom stereocenters. The van der Waals surface area contributed by atoms with E-state index in [1.807, 2.05) is 6.92 Å². The quantitative estimate of drug-likeness (QED) is 0.517. The number of nitrogens with one attached hydrogen (secondary N) is 1. The average molecular weight is 271 g/mol. The Bertz CT molecular complexity index is 339. The maximum Gasteiger partial charge on any atom is 0.137 e. The van der Waals surface area contributed by atoms with Gasteiger partial charge in [0.2, 0.25) is 0 Å². The van der Waals surface area contributed by atoms with Crippen molar-refractivity contribution >= 4 is 18.0 Å². The Balaban J connectivity index is 0.000000362. The Hall–Kier alpha value is -2.09. The van der Waals surface area contributed by atoms with Gasteiger partial charge in [-0.3, -0.25) is 0 Å². The smallest absolute Gasteiger partial charge is 0.137 e. The first-order valence-electron chi connectivity index (χ1n) is 5.66. The number of hydrogen-bond donors (Lipinski definition) is 1. The van der Waals surface area contributed by atoms with E-state index in [4.69, 9.17) is 0 Å². The number of piperazine rings is 1. The van der Waals surface area contributed by atoms with Crippen LogP contribution in [0.2, 0.25) is 0 Å². The first kappa shape index (κ1) is 16.9. The summed E-state index contributed by atoms with van der Waals surface area (Å²) in [5.74, 6) is -3.09. The maximum atomic E-state index is 10.5. The second-order valence-corrected chi connectivity index (χ2v) is 3.70. The molecule has 0 aromatic heterocycles. The van der Waals surface area contributed by atoms with Crippen molar-refractivity contribution in [2.24, 2.45) is 0 Å². The molecular weight excluding hydrogens is 256 g/mol. The largest absolute Gasteiger partial charge is 0.545 e. The van der Waals surface area contributed by atoms with Gasteiger partial charge in [0.05, 0.1) is 11.9 Å². The minimum absolute atomic E-state index is 0.105. The van der Waals surface area contributed by atoms with Crippen LogP contribution in [0.15, 0.2) is 12.2 Å². The molecule has 1 atom stereocenters. The molecule has 1 N–H and O–H groups in total. The number of carbonyl (C=O) groups is 3. The van der Waals surface area contributed by atoms with Crippen LogP contribution in [0.25, 0.3) is 0 Å². The van der Waals surface area contributed by atoms with Gasteiger partial charge in [-0.15, -0.1) is 0 Å². The number of amides is 1. The van der Waals surface area contributed by atoms with Crippen LogP contribution in [-0.2, 0) is 9.59 Å². The number of carboxylic acids is 2. The van der Waals surface area contributed by atoms with E-state index in [9.17, 15) is 29.7 Å². The van der Waals surface area contributed by atoms with Gasteiger partial charge in [-0.25, -0.2) is 0 Å². The lowest BCUT2D eigenvalue weighted by Crippen LogP contribution is -2.56. The molecule has 0 aliphatic carbocycles. The Labute approximate surface area is 110 Å². The van der Waals surface area contributed by atoms with E-state index in [2.05, 4.69) is 5.32 Å². The van der Waals surface area contributed by atoms with Crippen LogP contribution in [-0.4, -0.2) is 48.6 Å². The van der Waals surface area contributed by atoms with Crippen LogP contribution in [0.1, 0.15) is 13.3 Å². The lowest BCUT2D eigenvalue weighted by molar-refractivity contribution is -0.301. The fourth-order valence-electron chi connectivity index (χ4n) is 1.50. The van der Waals surface area contributed by atoms with Crippen LogP contribution in [0, 0.1) is 0 Å². The Morgan fingerprint density at radius 1 is 1.21 bits per heavy atom. The van der Waals surface area contributed by atoms with Crippen molar-refractivity contribution in [3.05, 3.63) is 12.2 Å². The number of carbonyl (C=O) groups excluding carboxylic acids is 3.